The van der Waals surface area contributed by atoms with Crippen LogP contribution in [0, 0.1) is 0 Å². The number of carbonyl (C=O) groups is 5. The first kappa shape index (κ1) is 24.8. The van der Waals surface area contributed by atoms with Crippen LogP contribution in [0.1, 0.15) is 33.6 Å². The molecule has 12 heteroatoms. The fraction of sp³-hybridized carbons (Fsp3) is 0.150. The van der Waals surface area contributed by atoms with Gasteiger partial charge >= 0.3 is 5.97 Å². The van der Waals surface area contributed by atoms with E-state index in [4.69, 9.17) is 16.3 Å². The number of esters is 1. The number of hydrogen-bond acceptors (Lipinski definition) is 6. The Bertz CT molecular complexity index is 1020. The van der Waals surface area contributed by atoms with Crippen molar-refractivity contribution in [2.24, 2.45) is 0 Å². The summed E-state index contributed by atoms with van der Waals surface area (Å²) in [6, 6.07) is 12.7. The molecule has 2 aromatic carbocycles. The van der Waals surface area contributed by atoms with Crippen LogP contribution in [0.3, 0.4) is 0 Å². The fourth-order valence-electron chi connectivity index (χ4n) is 2.17. The molecule has 0 bridgehead atoms. The highest BCUT2D eigenvalue weighted by Gasteiger charge is 2.13. The molecule has 0 aliphatic carbocycles. The molecule has 4 N–H and O–H groups in total. The number of ether oxygens (including phenoxy) is 1. The number of hydrazine groups is 2. The lowest BCUT2D eigenvalue weighted by Gasteiger charge is -2.09. The summed E-state index contributed by atoms with van der Waals surface area (Å²) < 4.78 is 5.52. The molecule has 0 atom stereocenters. The summed E-state index contributed by atoms with van der Waals surface area (Å²) in [6.45, 7) is -0.648. The number of halogens is 2. The topological polar surface area (TPSA) is 143 Å². The van der Waals surface area contributed by atoms with Crippen LogP contribution in [0.25, 0.3) is 0 Å². The summed E-state index contributed by atoms with van der Waals surface area (Å²) in [7, 11) is 0. The Morgan fingerprint density at radius 2 is 1.41 bits per heavy atom. The van der Waals surface area contributed by atoms with Gasteiger partial charge in [-0.2, -0.15) is 0 Å². The first-order valence-corrected chi connectivity index (χ1v) is 10.3. The largest absolute Gasteiger partial charge is 0.455 e. The molecule has 0 radical (unpaired) electrons. The lowest BCUT2D eigenvalue weighted by atomic mass is 10.2. The third-order valence-electron chi connectivity index (χ3n) is 3.78. The summed E-state index contributed by atoms with van der Waals surface area (Å²) in [5.74, 6) is -3.39. The minimum Gasteiger partial charge on any atom is -0.455 e. The summed E-state index contributed by atoms with van der Waals surface area (Å²) >= 11 is 9.12. The highest BCUT2D eigenvalue weighted by molar-refractivity contribution is 9.10. The maximum Gasteiger partial charge on any atom is 0.306 e. The minimum absolute atomic E-state index is 0.173. The molecule has 0 aliphatic heterocycles. The van der Waals surface area contributed by atoms with E-state index in [-0.39, 0.29) is 23.4 Å². The zero-order valence-electron chi connectivity index (χ0n) is 16.4. The van der Waals surface area contributed by atoms with E-state index in [0.717, 1.165) is 4.47 Å². The van der Waals surface area contributed by atoms with Gasteiger partial charge in [-0.15, -0.1) is 0 Å². The van der Waals surface area contributed by atoms with E-state index in [9.17, 15) is 24.0 Å². The van der Waals surface area contributed by atoms with Gasteiger partial charge in [-0.3, -0.25) is 45.7 Å². The van der Waals surface area contributed by atoms with E-state index >= 15 is 0 Å². The molecule has 0 unspecified atom stereocenters. The molecule has 0 fully saturated rings. The second kappa shape index (κ2) is 12.4. The van der Waals surface area contributed by atoms with Crippen LogP contribution in [-0.4, -0.2) is 36.2 Å². The highest BCUT2D eigenvalue weighted by Crippen LogP contribution is 2.14. The minimum atomic E-state index is -0.813. The van der Waals surface area contributed by atoms with E-state index in [2.05, 4.69) is 37.6 Å². The zero-order chi connectivity index (χ0) is 23.5. The highest BCUT2D eigenvalue weighted by atomic mass is 79.9. The smallest absolute Gasteiger partial charge is 0.306 e. The molecule has 0 aliphatic rings. The first-order chi connectivity index (χ1) is 15.3. The van der Waals surface area contributed by atoms with Gasteiger partial charge in [-0.05, 0) is 36.4 Å². The lowest BCUT2D eigenvalue weighted by Crippen LogP contribution is -2.43. The Labute approximate surface area is 196 Å². The van der Waals surface area contributed by atoms with Gasteiger partial charge in [0.2, 0.25) is 5.91 Å². The normalized spacial score (nSPS) is 9.94. The van der Waals surface area contributed by atoms with Crippen molar-refractivity contribution >= 4 is 57.1 Å². The third-order valence-corrected chi connectivity index (χ3v) is 4.63. The monoisotopic (exact) mass is 524 g/mol. The van der Waals surface area contributed by atoms with E-state index in [1.807, 2.05) is 0 Å². The van der Waals surface area contributed by atoms with Crippen molar-refractivity contribution in [2.75, 3.05) is 6.61 Å². The molecule has 2 aromatic rings. The van der Waals surface area contributed by atoms with Crippen LogP contribution in [0.5, 0.6) is 0 Å². The predicted octanol–water partition coefficient (Wildman–Crippen LogP) is 1.65. The van der Waals surface area contributed by atoms with Crippen molar-refractivity contribution in [1.82, 2.24) is 21.7 Å². The zero-order valence-corrected chi connectivity index (χ0v) is 18.8. The second-order valence-electron chi connectivity index (χ2n) is 6.15. The van der Waals surface area contributed by atoms with Crippen LogP contribution in [-0.2, 0) is 19.1 Å². The van der Waals surface area contributed by atoms with Gasteiger partial charge in [0.05, 0.1) is 17.0 Å². The molecule has 32 heavy (non-hydrogen) atoms. The van der Waals surface area contributed by atoms with Crippen molar-refractivity contribution in [1.29, 1.82) is 0 Å². The van der Waals surface area contributed by atoms with Gasteiger partial charge in [0.15, 0.2) is 6.61 Å². The number of benzene rings is 2. The van der Waals surface area contributed by atoms with Gasteiger partial charge in [-0.1, -0.05) is 39.7 Å². The van der Waals surface area contributed by atoms with Crippen molar-refractivity contribution in [3.63, 3.8) is 0 Å². The van der Waals surface area contributed by atoms with Crippen LogP contribution in [0.4, 0.5) is 0 Å². The maximum absolute atomic E-state index is 11.9. The molecule has 0 saturated carbocycles. The van der Waals surface area contributed by atoms with E-state index in [0.29, 0.717) is 5.56 Å². The fourth-order valence-corrected chi connectivity index (χ4v) is 2.66. The Balaban J connectivity index is 1.62. The Kier molecular flexibility index (Phi) is 9.64. The molecule has 0 saturated heterocycles. The predicted molar refractivity (Wildman–Crippen MR) is 117 cm³/mol. The summed E-state index contributed by atoms with van der Waals surface area (Å²) in [4.78, 5) is 58.9. The molecule has 168 valence electrons. The molecular formula is C20H18BrClN4O6. The maximum atomic E-state index is 11.9. The number of rotatable bonds is 7. The lowest BCUT2D eigenvalue weighted by molar-refractivity contribution is -0.149. The SMILES string of the molecule is O=C(COC(=O)CCC(=O)NNC(=O)c1ccccc1Cl)NNC(=O)c1ccc(Br)cc1. The summed E-state index contributed by atoms with van der Waals surface area (Å²) in [5.41, 5.74) is 9.09. The number of amides is 4. The van der Waals surface area contributed by atoms with Gasteiger partial charge in [-0.25, -0.2) is 0 Å². The number of carbonyl (C=O) groups excluding carboxylic acids is 5. The van der Waals surface area contributed by atoms with Crippen molar-refractivity contribution in [2.45, 2.75) is 12.8 Å². The quantitative estimate of drug-likeness (QED) is 0.320. The second-order valence-corrected chi connectivity index (χ2v) is 7.47. The van der Waals surface area contributed by atoms with Gasteiger partial charge in [0.25, 0.3) is 17.7 Å². The van der Waals surface area contributed by atoms with Gasteiger partial charge in [0.1, 0.15) is 0 Å². The molecule has 0 aromatic heterocycles. The van der Waals surface area contributed by atoms with Crippen LogP contribution < -0.4 is 21.7 Å². The standard InChI is InChI=1S/C20H18BrClN4O6/c21-13-7-5-12(6-8-13)19(30)25-24-17(28)11-32-18(29)10-9-16(27)23-26-20(31)14-3-1-2-4-15(14)22/h1-8H,9-11H2,(H,23,27)(H,24,28)(H,25,30)(H,26,31). The van der Waals surface area contributed by atoms with Crippen LogP contribution in [0.2, 0.25) is 5.02 Å². The van der Waals surface area contributed by atoms with Gasteiger partial charge < -0.3 is 4.74 Å². The Morgan fingerprint density at radius 1 is 0.781 bits per heavy atom. The van der Waals surface area contributed by atoms with Gasteiger partial charge in [0, 0.05) is 16.5 Å². The van der Waals surface area contributed by atoms with Crippen LogP contribution in [0.15, 0.2) is 53.0 Å². The Hall–Kier alpha value is -3.44. The summed E-state index contributed by atoms with van der Waals surface area (Å²) in [5, 5.41) is 0.217. The number of nitrogens with one attached hydrogen (secondary N) is 4. The molecule has 2 rings (SSSR count). The molecule has 0 heterocycles. The average Bonchev–Trinajstić information content (AvgIpc) is 2.79. The van der Waals surface area contributed by atoms with E-state index in [1.54, 1.807) is 36.4 Å². The molecule has 4 amide bonds. The Morgan fingerprint density at radius 3 is 2.09 bits per heavy atom. The van der Waals surface area contributed by atoms with Crippen molar-refractivity contribution in [3.05, 3.63) is 69.2 Å². The van der Waals surface area contributed by atoms with E-state index in [1.165, 1.54) is 12.1 Å². The third kappa shape index (κ3) is 8.36. The average molecular weight is 526 g/mol. The van der Waals surface area contributed by atoms with Crippen LogP contribution >= 0.6 is 27.5 Å². The van der Waals surface area contributed by atoms with Crippen molar-refractivity contribution in [3.8, 4) is 0 Å². The number of hydrogen-bond donors (Lipinski definition) is 4. The molecular weight excluding hydrogens is 508 g/mol. The summed E-state index contributed by atoms with van der Waals surface area (Å²) in [6.07, 6.45) is -0.615. The van der Waals surface area contributed by atoms with E-state index < -0.39 is 36.2 Å². The first-order valence-electron chi connectivity index (χ1n) is 9.10. The molecule has 10 nitrogen and oxygen atoms in total. The molecule has 0 spiro atoms. The van der Waals surface area contributed by atoms with Crippen molar-refractivity contribution < 1.29 is 28.7 Å².